The first-order valence-electron chi connectivity index (χ1n) is 2.19. The fraction of sp³-hybridized carbons (Fsp3) is 0. The second-order valence-corrected chi connectivity index (χ2v) is 4.02. The Balaban J connectivity index is -0.0000000400. The van der Waals surface area contributed by atoms with Crippen molar-refractivity contribution in [3.63, 3.8) is 0 Å². The van der Waals surface area contributed by atoms with E-state index in [0.29, 0.717) is 0 Å². The molecule has 0 atom stereocenters. The van der Waals surface area contributed by atoms with Gasteiger partial charge in [-0.05, 0) is 0 Å². The van der Waals surface area contributed by atoms with E-state index in [1.54, 1.807) is 0 Å². The molecule has 17 heteroatoms. The maximum Gasteiger partial charge on any atom is 4.00 e. The number of phosphoric acid groups is 3. The molecule has 0 aromatic rings. The third-order valence-corrected chi connectivity index (χ3v) is 0. The molecule has 0 fully saturated rings. The summed E-state index contributed by atoms with van der Waals surface area (Å²) in [5.74, 6) is 0. The van der Waals surface area contributed by atoms with Crippen LogP contribution >= 0.6 is 23.5 Å². The van der Waals surface area contributed by atoms with E-state index in [1.807, 2.05) is 0 Å². The van der Waals surface area contributed by atoms with Crippen LogP contribution in [0.2, 0.25) is 0 Å². The molecular formula is O12P3VZr-5. The average Bonchev–Trinajstić information content (AvgIpc) is 1.41. The third-order valence-electron chi connectivity index (χ3n) is 0. The van der Waals surface area contributed by atoms with Gasteiger partial charge in [0.25, 0.3) is 0 Å². The van der Waals surface area contributed by atoms with Gasteiger partial charge in [-0.25, -0.2) is 0 Å². The Kier molecular flexibility index (Phi) is 23.6. The number of hydrogen-bond acceptors (Lipinski definition) is 12. The fourth-order valence-corrected chi connectivity index (χ4v) is 0. The molecule has 0 aliphatic heterocycles. The Labute approximate surface area is 125 Å². The van der Waals surface area contributed by atoms with Gasteiger partial charge in [0.15, 0.2) is 0 Å². The van der Waals surface area contributed by atoms with Crippen molar-refractivity contribution in [2.75, 3.05) is 0 Å². The minimum atomic E-state index is -5.39. The largest absolute Gasteiger partial charge is 4.00 e. The zero-order valence-corrected chi connectivity index (χ0v) is 13.7. The molecule has 0 heterocycles. The van der Waals surface area contributed by atoms with Crippen LogP contribution < -0.4 is 44.0 Å². The molecule has 0 aromatic heterocycles. The van der Waals surface area contributed by atoms with Gasteiger partial charge in [-0.1, -0.05) is 0 Å². The van der Waals surface area contributed by atoms with Crippen LogP contribution in [0.5, 0.6) is 0 Å². The third kappa shape index (κ3) is 1370. The van der Waals surface area contributed by atoms with E-state index in [-0.39, 0.29) is 44.8 Å². The number of rotatable bonds is 0. The molecule has 101 valence electrons. The quantitative estimate of drug-likeness (QED) is 0.326. The molecule has 17 heavy (non-hydrogen) atoms. The van der Waals surface area contributed by atoms with Crippen molar-refractivity contribution in [1.29, 1.82) is 0 Å². The van der Waals surface area contributed by atoms with Gasteiger partial charge in [0.2, 0.25) is 0 Å². The predicted molar refractivity (Wildman–Crippen MR) is 22.8 cm³/mol. The molecule has 0 saturated heterocycles. The summed E-state index contributed by atoms with van der Waals surface area (Å²) in [5.41, 5.74) is 0. The smallest absolute Gasteiger partial charge is 0.822 e. The molecule has 1 radical (unpaired) electrons. The summed E-state index contributed by atoms with van der Waals surface area (Å²) in [6, 6.07) is 0. The maximum absolute atomic E-state index is 8.55. The molecule has 0 amide bonds. The molecule has 0 aliphatic carbocycles. The molecule has 0 unspecified atom stereocenters. The van der Waals surface area contributed by atoms with Crippen molar-refractivity contribution >= 4 is 23.5 Å². The normalized spacial score (nSPS) is 10.4. The van der Waals surface area contributed by atoms with Gasteiger partial charge in [-0.3, -0.25) is 0 Å². The zero-order chi connectivity index (χ0) is 13.5. The van der Waals surface area contributed by atoms with Gasteiger partial charge >= 0.3 is 26.2 Å². The van der Waals surface area contributed by atoms with E-state index in [9.17, 15) is 0 Å². The average molecular weight is 427 g/mol. The van der Waals surface area contributed by atoms with E-state index in [0.717, 1.165) is 0 Å². The Morgan fingerprint density at radius 2 is 0.471 bits per heavy atom. The van der Waals surface area contributed by atoms with Crippen LogP contribution in [0.3, 0.4) is 0 Å². The first-order chi connectivity index (χ1) is 6.00. The summed E-state index contributed by atoms with van der Waals surface area (Å²) >= 11 is 0. The van der Waals surface area contributed by atoms with Crippen molar-refractivity contribution in [2.45, 2.75) is 0 Å². The van der Waals surface area contributed by atoms with Gasteiger partial charge in [0, 0.05) is 18.6 Å². The fourth-order valence-electron chi connectivity index (χ4n) is 0. The summed E-state index contributed by atoms with van der Waals surface area (Å²) in [7, 11) is -16.2. The van der Waals surface area contributed by atoms with E-state index in [4.69, 9.17) is 57.7 Å². The Bertz CT molecular complexity index is 208. The van der Waals surface area contributed by atoms with E-state index in [2.05, 4.69) is 0 Å². The molecular weight excluding hydrogens is 427 g/mol. The van der Waals surface area contributed by atoms with Crippen molar-refractivity contribution in [2.24, 2.45) is 0 Å². The monoisotopic (exact) mass is 426 g/mol. The van der Waals surface area contributed by atoms with Crippen molar-refractivity contribution < 1.29 is 102 Å². The topological polar surface area (TPSA) is 259 Å². The number of hydrogen-bond donors (Lipinski definition) is 0. The first-order valence-corrected chi connectivity index (χ1v) is 6.57. The second-order valence-electron chi connectivity index (χ2n) is 1.34. The Morgan fingerprint density at radius 1 is 0.471 bits per heavy atom. The Hall–Kier alpha value is 1.80. The van der Waals surface area contributed by atoms with Crippen LogP contribution in [-0.4, -0.2) is 0 Å². The summed E-state index contributed by atoms with van der Waals surface area (Å²) in [6.07, 6.45) is 0. The van der Waals surface area contributed by atoms with Crippen molar-refractivity contribution in [1.82, 2.24) is 0 Å². The van der Waals surface area contributed by atoms with Gasteiger partial charge in [0.1, 0.15) is 0 Å². The molecule has 0 saturated carbocycles. The SMILES string of the molecule is O=P([O-])([O-])[O-].O=P([O-])([O-])[O-].O=P([O-])([O-])[O-].[V].[Zr+4]. The van der Waals surface area contributed by atoms with Gasteiger partial charge in [-0.15, -0.1) is 0 Å². The molecule has 0 aliphatic rings. The zero-order valence-electron chi connectivity index (χ0n) is 7.19. The molecule has 0 rings (SSSR count). The molecule has 12 nitrogen and oxygen atoms in total. The molecule has 0 spiro atoms. The van der Waals surface area contributed by atoms with Crippen molar-refractivity contribution in [3.8, 4) is 0 Å². The minimum absolute atomic E-state index is 0. The molecule has 0 aromatic carbocycles. The minimum Gasteiger partial charge on any atom is -0.822 e. The van der Waals surface area contributed by atoms with Crippen LogP contribution in [0.25, 0.3) is 0 Å². The van der Waals surface area contributed by atoms with Crippen LogP contribution in [0, 0.1) is 0 Å². The second kappa shape index (κ2) is 12.8. The summed E-state index contributed by atoms with van der Waals surface area (Å²) in [6.45, 7) is 0. The first kappa shape index (κ1) is 31.3. The van der Waals surface area contributed by atoms with Crippen LogP contribution in [0.15, 0.2) is 0 Å². The van der Waals surface area contributed by atoms with Gasteiger partial charge in [-0.2, -0.15) is 23.5 Å². The van der Waals surface area contributed by atoms with Gasteiger partial charge < -0.3 is 57.7 Å². The summed E-state index contributed by atoms with van der Waals surface area (Å²) < 4.78 is 25.6. The summed E-state index contributed by atoms with van der Waals surface area (Å²) in [5, 5.41) is 0. The predicted octanol–water partition coefficient (Wildman–Crippen LogP) is -8.48. The van der Waals surface area contributed by atoms with Crippen LogP contribution in [0.4, 0.5) is 0 Å². The van der Waals surface area contributed by atoms with E-state index >= 15 is 0 Å². The molecule has 0 N–H and O–H groups in total. The van der Waals surface area contributed by atoms with Crippen molar-refractivity contribution in [3.05, 3.63) is 0 Å². The van der Waals surface area contributed by atoms with Crippen LogP contribution in [0.1, 0.15) is 0 Å². The van der Waals surface area contributed by atoms with E-state index < -0.39 is 23.5 Å². The summed E-state index contributed by atoms with van der Waals surface area (Å²) in [4.78, 5) is 76.9. The van der Waals surface area contributed by atoms with Crippen LogP contribution in [-0.2, 0) is 58.5 Å². The van der Waals surface area contributed by atoms with Gasteiger partial charge in [0.05, 0.1) is 0 Å². The Morgan fingerprint density at radius 3 is 0.471 bits per heavy atom. The standard InChI is InChI=1S/3H3O4P.V.Zr/c3*1-5(2,3)4;;/h3*(H3,1,2,3,4);;/q;;;;+4/p-9. The molecule has 0 bridgehead atoms. The van der Waals surface area contributed by atoms with E-state index in [1.165, 1.54) is 0 Å². The maximum atomic E-state index is 8.55.